The molecule has 0 bridgehead atoms. The Hall–Kier alpha value is -1.84. The highest BCUT2D eigenvalue weighted by atomic mass is 16.2. The number of anilines is 1. The Labute approximate surface area is 153 Å². The van der Waals surface area contributed by atoms with E-state index in [1.807, 2.05) is 38.1 Å². The summed E-state index contributed by atoms with van der Waals surface area (Å²) >= 11 is 0. The van der Waals surface area contributed by atoms with Crippen molar-refractivity contribution in [2.24, 2.45) is 5.41 Å². The van der Waals surface area contributed by atoms with Gasteiger partial charge in [0, 0.05) is 18.8 Å². The number of amides is 2. The van der Waals surface area contributed by atoms with Crippen LogP contribution in [0, 0.1) is 5.41 Å². The monoisotopic (exact) mass is 346 g/mol. The molecule has 0 aliphatic carbocycles. The van der Waals surface area contributed by atoms with Gasteiger partial charge in [-0.15, -0.1) is 0 Å². The summed E-state index contributed by atoms with van der Waals surface area (Å²) in [5, 5.41) is 2.89. The van der Waals surface area contributed by atoms with Gasteiger partial charge in [0.1, 0.15) is 5.41 Å². The number of nitrogens with zero attached hydrogens (tertiary/aromatic N) is 1. The lowest BCUT2D eigenvalue weighted by molar-refractivity contribution is -0.146. The predicted molar refractivity (Wildman–Crippen MR) is 105 cm³/mol. The van der Waals surface area contributed by atoms with Gasteiger partial charge in [0.2, 0.25) is 11.8 Å². The van der Waals surface area contributed by atoms with Gasteiger partial charge < -0.3 is 10.2 Å². The van der Waals surface area contributed by atoms with Crippen molar-refractivity contribution in [1.29, 1.82) is 0 Å². The molecule has 0 saturated heterocycles. The first-order chi connectivity index (χ1) is 11.5. The first-order valence-electron chi connectivity index (χ1n) is 9.25. The van der Waals surface area contributed by atoms with E-state index in [9.17, 15) is 9.59 Å². The van der Waals surface area contributed by atoms with Gasteiger partial charge in [0.25, 0.3) is 0 Å². The number of hydrogen-bond donors (Lipinski definition) is 1. The quantitative estimate of drug-likeness (QED) is 0.734. The third-order valence-electron chi connectivity index (χ3n) is 4.39. The second-order valence-electron chi connectivity index (χ2n) is 8.20. The highest BCUT2D eigenvalue weighted by molar-refractivity contribution is 6.09. The summed E-state index contributed by atoms with van der Waals surface area (Å²) < 4.78 is 0. The lowest BCUT2D eigenvalue weighted by Gasteiger charge is -2.31. The van der Waals surface area contributed by atoms with E-state index in [-0.39, 0.29) is 17.2 Å². The fraction of sp³-hybridized carbons (Fsp3) is 0.619. The van der Waals surface area contributed by atoms with Crippen molar-refractivity contribution in [3.63, 3.8) is 0 Å². The van der Waals surface area contributed by atoms with Crippen LogP contribution in [0.5, 0.6) is 0 Å². The summed E-state index contributed by atoms with van der Waals surface area (Å²) in [6, 6.07) is 7.83. The molecule has 1 aromatic carbocycles. The summed E-state index contributed by atoms with van der Waals surface area (Å²) in [5.74, 6) is -0.377. The van der Waals surface area contributed by atoms with Crippen LogP contribution >= 0.6 is 0 Å². The maximum atomic E-state index is 12.8. The molecule has 0 aromatic heterocycles. The molecule has 0 spiro atoms. The molecule has 0 atom stereocenters. The van der Waals surface area contributed by atoms with Crippen LogP contribution in [0.4, 0.5) is 5.69 Å². The molecular weight excluding hydrogens is 312 g/mol. The zero-order valence-corrected chi connectivity index (χ0v) is 16.9. The van der Waals surface area contributed by atoms with Gasteiger partial charge in [0.15, 0.2) is 0 Å². The van der Waals surface area contributed by atoms with Gasteiger partial charge in [-0.2, -0.15) is 0 Å². The number of rotatable bonds is 7. The van der Waals surface area contributed by atoms with Gasteiger partial charge in [-0.3, -0.25) is 9.59 Å². The topological polar surface area (TPSA) is 49.4 Å². The summed E-state index contributed by atoms with van der Waals surface area (Å²) in [5.41, 5.74) is 0.903. The molecule has 0 fully saturated rings. The molecule has 0 aliphatic heterocycles. The largest absolute Gasteiger partial charge is 0.342 e. The standard InChI is InChI=1S/C21H34N2O2/c1-8-14-23(15-9-2)19(25)21(6,7)18(24)22-17-12-10-16(11-13-17)20(3,4)5/h10-13H,8-9,14-15H2,1-7H3,(H,22,24). The lowest BCUT2D eigenvalue weighted by Crippen LogP contribution is -2.47. The van der Waals surface area contributed by atoms with E-state index < -0.39 is 5.41 Å². The molecule has 0 saturated carbocycles. The third kappa shape index (κ3) is 5.58. The second kappa shape index (κ2) is 8.50. The second-order valence-corrected chi connectivity index (χ2v) is 8.20. The van der Waals surface area contributed by atoms with Gasteiger partial charge in [0.05, 0.1) is 0 Å². The normalized spacial score (nSPS) is 12.0. The summed E-state index contributed by atoms with van der Waals surface area (Å²) in [6.45, 7) is 15.3. The molecular formula is C21H34N2O2. The van der Waals surface area contributed by atoms with Crippen LogP contribution in [-0.2, 0) is 15.0 Å². The van der Waals surface area contributed by atoms with Crippen LogP contribution in [0.3, 0.4) is 0 Å². The van der Waals surface area contributed by atoms with E-state index in [4.69, 9.17) is 0 Å². The fourth-order valence-electron chi connectivity index (χ4n) is 2.69. The molecule has 0 radical (unpaired) electrons. The van der Waals surface area contributed by atoms with E-state index in [1.54, 1.807) is 18.7 Å². The van der Waals surface area contributed by atoms with Crippen LogP contribution < -0.4 is 5.32 Å². The van der Waals surface area contributed by atoms with Gasteiger partial charge in [-0.1, -0.05) is 46.8 Å². The zero-order valence-electron chi connectivity index (χ0n) is 16.9. The number of carbonyl (C=O) groups is 2. The zero-order chi connectivity index (χ0) is 19.3. The van der Waals surface area contributed by atoms with Gasteiger partial charge in [-0.25, -0.2) is 0 Å². The summed E-state index contributed by atoms with van der Waals surface area (Å²) in [7, 11) is 0. The number of carbonyl (C=O) groups excluding carboxylic acids is 2. The smallest absolute Gasteiger partial charge is 0.239 e. The van der Waals surface area contributed by atoms with Gasteiger partial charge >= 0.3 is 0 Å². The molecule has 1 N–H and O–H groups in total. The molecule has 140 valence electrons. The van der Waals surface area contributed by atoms with Crippen molar-refractivity contribution >= 4 is 17.5 Å². The first-order valence-corrected chi connectivity index (χ1v) is 9.25. The first kappa shape index (κ1) is 21.2. The molecule has 4 heteroatoms. The SMILES string of the molecule is CCCN(CCC)C(=O)C(C)(C)C(=O)Nc1ccc(C(C)(C)C)cc1. The minimum atomic E-state index is -1.09. The predicted octanol–water partition coefficient (Wildman–Crippen LogP) is 4.60. The van der Waals surface area contributed by atoms with E-state index in [0.29, 0.717) is 13.1 Å². The summed E-state index contributed by atoms with van der Waals surface area (Å²) in [4.78, 5) is 27.3. The molecule has 4 nitrogen and oxygen atoms in total. The maximum absolute atomic E-state index is 12.8. The minimum Gasteiger partial charge on any atom is -0.342 e. The minimum absolute atomic E-state index is 0.0680. The highest BCUT2D eigenvalue weighted by Crippen LogP contribution is 2.25. The Balaban J connectivity index is 2.88. The molecule has 1 aromatic rings. The summed E-state index contributed by atoms with van der Waals surface area (Å²) in [6.07, 6.45) is 1.77. The molecule has 25 heavy (non-hydrogen) atoms. The van der Waals surface area contributed by atoms with E-state index in [1.165, 1.54) is 5.56 Å². The third-order valence-corrected chi connectivity index (χ3v) is 4.39. The Kier molecular flexibility index (Phi) is 7.21. The average Bonchev–Trinajstić information content (AvgIpc) is 2.53. The lowest BCUT2D eigenvalue weighted by atomic mass is 9.87. The highest BCUT2D eigenvalue weighted by Gasteiger charge is 2.38. The van der Waals surface area contributed by atoms with Crippen molar-refractivity contribution in [1.82, 2.24) is 4.90 Å². The van der Waals surface area contributed by atoms with Crippen molar-refractivity contribution < 1.29 is 9.59 Å². The van der Waals surface area contributed by atoms with E-state index in [0.717, 1.165) is 18.5 Å². The molecule has 0 heterocycles. The van der Waals surface area contributed by atoms with Crippen molar-refractivity contribution in [3.8, 4) is 0 Å². The van der Waals surface area contributed by atoms with Crippen LogP contribution in [0.15, 0.2) is 24.3 Å². The molecule has 2 amide bonds. The van der Waals surface area contributed by atoms with Crippen LogP contribution in [0.2, 0.25) is 0 Å². The van der Waals surface area contributed by atoms with Crippen LogP contribution in [0.25, 0.3) is 0 Å². The maximum Gasteiger partial charge on any atom is 0.239 e. The Morgan fingerprint density at radius 2 is 1.40 bits per heavy atom. The Morgan fingerprint density at radius 1 is 0.920 bits per heavy atom. The number of benzene rings is 1. The van der Waals surface area contributed by atoms with Crippen LogP contribution in [0.1, 0.15) is 66.9 Å². The number of hydrogen-bond acceptors (Lipinski definition) is 2. The fourth-order valence-corrected chi connectivity index (χ4v) is 2.69. The molecule has 0 aliphatic rings. The molecule has 0 unspecified atom stereocenters. The Morgan fingerprint density at radius 3 is 1.80 bits per heavy atom. The van der Waals surface area contributed by atoms with E-state index >= 15 is 0 Å². The number of nitrogens with one attached hydrogen (secondary N) is 1. The van der Waals surface area contributed by atoms with Crippen molar-refractivity contribution in [2.75, 3.05) is 18.4 Å². The van der Waals surface area contributed by atoms with Crippen molar-refractivity contribution in [2.45, 2.75) is 66.7 Å². The van der Waals surface area contributed by atoms with Crippen LogP contribution in [-0.4, -0.2) is 29.8 Å². The van der Waals surface area contributed by atoms with E-state index in [2.05, 4.69) is 26.1 Å². The average molecular weight is 347 g/mol. The molecule has 1 rings (SSSR count). The van der Waals surface area contributed by atoms with Gasteiger partial charge in [-0.05, 0) is 49.8 Å². The Bertz CT molecular complexity index is 577. The van der Waals surface area contributed by atoms with Crippen molar-refractivity contribution in [3.05, 3.63) is 29.8 Å².